The van der Waals surface area contributed by atoms with Crippen molar-refractivity contribution in [2.24, 2.45) is 11.3 Å². The Bertz CT molecular complexity index is 737. The maximum atomic E-state index is 12.3. The molecule has 2 saturated heterocycles. The molecule has 1 aromatic rings. The maximum absolute atomic E-state index is 12.3. The highest BCUT2D eigenvalue weighted by atomic mass is 16.5. The highest BCUT2D eigenvalue weighted by Crippen LogP contribution is 2.38. The van der Waals surface area contributed by atoms with Gasteiger partial charge < -0.3 is 10.1 Å². The predicted molar refractivity (Wildman–Crippen MR) is 101 cm³/mol. The molecule has 1 saturated carbocycles. The third-order valence-corrected chi connectivity index (χ3v) is 6.42. The van der Waals surface area contributed by atoms with Crippen LogP contribution in [0.15, 0.2) is 12.3 Å². The number of nitrogens with zero attached hydrogens (tertiary/aromatic N) is 3. The Hall–Kier alpha value is -1.97. The number of piperidine rings is 1. The molecular weight excluding hydrogens is 340 g/mol. The van der Waals surface area contributed by atoms with Gasteiger partial charge in [0.2, 0.25) is 0 Å². The number of hydrogen-bond acceptors (Lipinski definition) is 6. The van der Waals surface area contributed by atoms with Gasteiger partial charge in [0.05, 0.1) is 17.2 Å². The fourth-order valence-electron chi connectivity index (χ4n) is 4.28. The van der Waals surface area contributed by atoms with Gasteiger partial charge in [0.25, 0.3) is 0 Å². The van der Waals surface area contributed by atoms with Crippen molar-refractivity contribution in [2.75, 3.05) is 32.7 Å². The summed E-state index contributed by atoms with van der Waals surface area (Å²) in [6.07, 6.45) is 6.77. The van der Waals surface area contributed by atoms with Crippen LogP contribution in [-0.2, 0) is 9.53 Å². The monoisotopic (exact) mass is 368 g/mol. The van der Waals surface area contributed by atoms with Gasteiger partial charge in [0.15, 0.2) is 6.10 Å². The van der Waals surface area contributed by atoms with E-state index in [1.807, 2.05) is 13.0 Å². The summed E-state index contributed by atoms with van der Waals surface area (Å²) < 4.78 is 5.87. The Balaban J connectivity index is 1.45. The zero-order valence-corrected chi connectivity index (χ0v) is 16.0. The highest BCUT2D eigenvalue weighted by molar-refractivity contribution is 5.75. The minimum atomic E-state index is -0.361. The van der Waals surface area contributed by atoms with E-state index in [2.05, 4.69) is 21.3 Å². The number of hydrogen-bond donors (Lipinski definition) is 1. The van der Waals surface area contributed by atoms with Gasteiger partial charge in [-0.05, 0) is 75.7 Å². The van der Waals surface area contributed by atoms with Gasteiger partial charge in [-0.25, -0.2) is 0 Å². The van der Waals surface area contributed by atoms with Gasteiger partial charge in [0.1, 0.15) is 6.07 Å². The molecule has 144 valence electrons. The fourth-order valence-corrected chi connectivity index (χ4v) is 4.28. The summed E-state index contributed by atoms with van der Waals surface area (Å²) in [5.41, 5.74) is 2.67. The minimum Gasteiger partial charge on any atom is -0.454 e. The molecule has 2 aliphatic heterocycles. The Kier molecular flexibility index (Phi) is 5.16. The quantitative estimate of drug-likeness (QED) is 0.804. The molecule has 1 N–H and O–H groups in total. The number of likely N-dealkylation sites (tertiary alicyclic amines) is 1. The van der Waals surface area contributed by atoms with E-state index in [1.54, 1.807) is 6.20 Å². The smallest absolute Gasteiger partial charge is 0.309 e. The summed E-state index contributed by atoms with van der Waals surface area (Å²) in [7, 11) is 0. The number of pyridine rings is 1. The molecular formula is C21H28N4O2. The zero-order chi connectivity index (χ0) is 18.9. The molecule has 0 bridgehead atoms. The number of aromatic nitrogens is 1. The van der Waals surface area contributed by atoms with Gasteiger partial charge in [-0.15, -0.1) is 0 Å². The summed E-state index contributed by atoms with van der Waals surface area (Å²) in [6, 6.07) is 4.05. The van der Waals surface area contributed by atoms with Gasteiger partial charge in [-0.3, -0.25) is 14.7 Å². The molecule has 1 aromatic heterocycles. The molecule has 3 heterocycles. The SMILES string of the molecule is Cc1cc([C@H](CN2CCC3(CCNC3)CC2)OC(=O)C2CC2)ncc1C#N. The van der Waals surface area contributed by atoms with Gasteiger partial charge >= 0.3 is 5.97 Å². The van der Waals surface area contributed by atoms with Crippen LogP contribution in [0.1, 0.15) is 55.0 Å². The molecule has 4 rings (SSSR count). The number of carbonyl (C=O) groups excluding carboxylic acids is 1. The van der Waals surface area contributed by atoms with Crippen LogP contribution in [0, 0.1) is 29.6 Å². The molecule has 0 amide bonds. The topological polar surface area (TPSA) is 78.2 Å². The van der Waals surface area contributed by atoms with Gasteiger partial charge in [-0.1, -0.05) is 0 Å². The van der Waals surface area contributed by atoms with Crippen LogP contribution in [0.25, 0.3) is 0 Å². The van der Waals surface area contributed by atoms with Crippen LogP contribution >= 0.6 is 0 Å². The number of carbonyl (C=O) groups is 1. The molecule has 3 fully saturated rings. The first-order chi connectivity index (χ1) is 13.1. The molecule has 1 aliphatic carbocycles. The second kappa shape index (κ2) is 7.57. The first kappa shape index (κ1) is 18.4. The van der Waals surface area contributed by atoms with Crippen LogP contribution in [0.4, 0.5) is 0 Å². The van der Waals surface area contributed by atoms with E-state index < -0.39 is 0 Å². The molecule has 1 atom stereocenters. The lowest BCUT2D eigenvalue weighted by atomic mass is 9.78. The lowest BCUT2D eigenvalue weighted by Crippen LogP contribution is -2.43. The Morgan fingerprint density at radius 1 is 1.44 bits per heavy atom. The van der Waals surface area contributed by atoms with Crippen molar-refractivity contribution in [1.29, 1.82) is 5.26 Å². The Morgan fingerprint density at radius 2 is 2.22 bits per heavy atom. The molecule has 3 aliphatic rings. The number of nitriles is 1. The zero-order valence-electron chi connectivity index (χ0n) is 16.0. The average molecular weight is 368 g/mol. The summed E-state index contributed by atoms with van der Waals surface area (Å²) in [5.74, 6) is -0.0292. The lowest BCUT2D eigenvalue weighted by molar-refractivity contribution is -0.152. The third-order valence-electron chi connectivity index (χ3n) is 6.42. The molecule has 0 aromatic carbocycles. The minimum absolute atomic E-state index is 0.0705. The van der Waals surface area contributed by atoms with Crippen LogP contribution < -0.4 is 5.32 Å². The predicted octanol–water partition coefficient (Wildman–Crippen LogP) is 2.33. The van der Waals surface area contributed by atoms with E-state index in [-0.39, 0.29) is 18.0 Å². The normalized spacial score (nSPS) is 23.1. The highest BCUT2D eigenvalue weighted by Gasteiger charge is 2.38. The van der Waals surface area contributed by atoms with E-state index in [0.717, 1.165) is 50.3 Å². The Morgan fingerprint density at radius 3 is 2.81 bits per heavy atom. The number of rotatable bonds is 5. The van der Waals surface area contributed by atoms with Crippen molar-refractivity contribution in [3.8, 4) is 6.07 Å². The number of aryl methyl sites for hydroxylation is 1. The number of nitrogens with one attached hydrogen (secondary N) is 1. The molecule has 6 heteroatoms. The van der Waals surface area contributed by atoms with Gasteiger partial charge in [0, 0.05) is 19.3 Å². The maximum Gasteiger partial charge on any atom is 0.309 e. The standard InChI is InChI=1S/C21H28N4O2/c1-15-10-18(24-12-17(15)11-22)19(27-20(26)16-2-3-16)13-25-8-5-21(6-9-25)4-7-23-14-21/h10,12,16,19,23H,2-9,13-14H2,1H3/t19-/m0/s1. The first-order valence-corrected chi connectivity index (χ1v) is 10.1. The summed E-state index contributed by atoms with van der Waals surface area (Å²) in [5, 5.41) is 12.7. The van der Waals surface area contributed by atoms with Crippen molar-refractivity contribution in [1.82, 2.24) is 15.2 Å². The number of ether oxygens (including phenoxy) is 1. The second-order valence-electron chi connectivity index (χ2n) is 8.46. The number of esters is 1. The summed E-state index contributed by atoms with van der Waals surface area (Å²) in [6.45, 7) is 6.93. The van der Waals surface area contributed by atoms with E-state index >= 15 is 0 Å². The molecule has 0 unspecified atom stereocenters. The molecule has 0 radical (unpaired) electrons. The fraction of sp³-hybridized carbons (Fsp3) is 0.667. The molecule has 27 heavy (non-hydrogen) atoms. The van der Waals surface area contributed by atoms with Crippen molar-refractivity contribution >= 4 is 5.97 Å². The van der Waals surface area contributed by atoms with E-state index in [4.69, 9.17) is 10.00 Å². The average Bonchev–Trinajstić information content (AvgIpc) is 3.44. The van der Waals surface area contributed by atoms with Crippen molar-refractivity contribution in [2.45, 2.75) is 45.1 Å². The van der Waals surface area contributed by atoms with Crippen LogP contribution in [0.3, 0.4) is 0 Å². The van der Waals surface area contributed by atoms with Crippen LogP contribution in [0.5, 0.6) is 0 Å². The second-order valence-corrected chi connectivity index (χ2v) is 8.46. The van der Waals surface area contributed by atoms with Crippen molar-refractivity contribution in [3.63, 3.8) is 0 Å². The van der Waals surface area contributed by atoms with E-state index in [0.29, 0.717) is 17.5 Å². The Labute approximate surface area is 160 Å². The largest absolute Gasteiger partial charge is 0.454 e. The van der Waals surface area contributed by atoms with Crippen LogP contribution in [-0.4, -0.2) is 48.6 Å². The first-order valence-electron chi connectivity index (χ1n) is 10.1. The summed E-state index contributed by atoms with van der Waals surface area (Å²) in [4.78, 5) is 19.2. The molecule has 1 spiro atoms. The van der Waals surface area contributed by atoms with Gasteiger partial charge in [-0.2, -0.15) is 5.26 Å². The molecule has 6 nitrogen and oxygen atoms in total. The van der Waals surface area contributed by atoms with Crippen molar-refractivity contribution < 1.29 is 9.53 Å². The van der Waals surface area contributed by atoms with E-state index in [1.165, 1.54) is 19.3 Å². The summed E-state index contributed by atoms with van der Waals surface area (Å²) >= 11 is 0. The van der Waals surface area contributed by atoms with E-state index in [9.17, 15) is 4.79 Å². The van der Waals surface area contributed by atoms with Crippen LogP contribution in [0.2, 0.25) is 0 Å². The third kappa shape index (κ3) is 4.15. The lowest BCUT2D eigenvalue weighted by Gasteiger charge is -2.39. The van der Waals surface area contributed by atoms with Crippen molar-refractivity contribution in [3.05, 3.63) is 29.1 Å².